The zero-order chi connectivity index (χ0) is 45.3. The molecule has 0 bridgehead atoms. The van der Waals surface area contributed by atoms with E-state index < -0.39 is 0 Å². The first-order chi connectivity index (χ1) is 32.5. The van der Waals surface area contributed by atoms with Gasteiger partial charge >= 0.3 is 6.85 Å². The van der Waals surface area contributed by atoms with Crippen molar-refractivity contribution in [3.05, 3.63) is 160 Å². The van der Waals surface area contributed by atoms with Gasteiger partial charge in [0.1, 0.15) is 11.2 Å². The minimum absolute atomic E-state index is 0.128. The van der Waals surface area contributed by atoms with Crippen molar-refractivity contribution in [3.63, 3.8) is 0 Å². The van der Waals surface area contributed by atoms with E-state index >= 15 is 0 Å². The van der Waals surface area contributed by atoms with Crippen LogP contribution in [-0.2, 0) is 29.1 Å². The summed E-state index contributed by atoms with van der Waals surface area (Å²) in [5.74, 6) is 0. The second-order valence-electron chi connectivity index (χ2n) is 22.1. The summed E-state index contributed by atoms with van der Waals surface area (Å²) in [6.07, 6.45) is 9.26. The van der Waals surface area contributed by atoms with Crippen LogP contribution in [0.5, 0.6) is 0 Å². The highest BCUT2D eigenvalue weighted by molar-refractivity contribution is 7.25. The Morgan fingerprint density at radius 2 is 1.25 bits per heavy atom. The second kappa shape index (κ2) is 13.8. The average molecular weight is 889 g/mol. The number of aryl methyl sites for hydroxylation is 2. The van der Waals surface area contributed by atoms with E-state index in [1.165, 1.54) is 159 Å². The van der Waals surface area contributed by atoms with Gasteiger partial charge in [-0.05, 0) is 178 Å². The molecule has 7 aromatic carbocycles. The molecule has 1 unspecified atom stereocenters. The summed E-state index contributed by atoms with van der Waals surface area (Å²) in [5, 5.41) is 3.96. The van der Waals surface area contributed by atoms with E-state index in [2.05, 4.69) is 180 Å². The van der Waals surface area contributed by atoms with Crippen LogP contribution in [0.2, 0.25) is 0 Å². The second-order valence-corrected chi connectivity index (χ2v) is 23.1. The lowest BCUT2D eigenvalue weighted by atomic mass is 9.44. The summed E-state index contributed by atoms with van der Waals surface area (Å²) in [6, 6.07) is 47.9. The number of nitrogens with zero attached hydrogens (tertiary/aromatic N) is 2. The van der Waals surface area contributed by atoms with Gasteiger partial charge in [-0.2, -0.15) is 0 Å². The number of unbranched alkanes of at least 4 members (excludes halogenated alkanes) is 2. The average Bonchev–Trinajstić information content (AvgIpc) is 3.98. The third-order valence-electron chi connectivity index (χ3n) is 17.2. The molecule has 3 nitrogen and oxygen atoms in total. The van der Waals surface area contributed by atoms with Gasteiger partial charge in [0.25, 0.3) is 0 Å². The predicted molar refractivity (Wildman–Crippen MR) is 286 cm³/mol. The fraction of sp³-hybridized carbons (Fsp3) is 0.290. The Kier molecular flexibility index (Phi) is 8.25. The largest absolute Gasteiger partial charge is 0.466 e. The highest BCUT2D eigenvalue weighted by atomic mass is 32.1. The first kappa shape index (κ1) is 40.1. The van der Waals surface area contributed by atoms with E-state index in [4.69, 9.17) is 4.42 Å². The smallest absolute Gasteiger partial charge is 0.375 e. The molecule has 0 amide bonds. The van der Waals surface area contributed by atoms with Crippen LogP contribution in [0.25, 0.3) is 53.4 Å². The molecule has 0 saturated heterocycles. The SMILES string of the molecule is CCCCc1ccc2c(c1)C1(C)c3ccccc3-c3cc4c5c(c31)N2c1c(oc2ccc(CCCC)cc12)B5N(c1ccccc1)c1cc2sc3cc5c(cc3c2cc1-4)C(C)(C)CCC5(C)C. The summed E-state index contributed by atoms with van der Waals surface area (Å²) in [5.41, 5.74) is 25.0. The zero-order valence-electron chi connectivity index (χ0n) is 40.0. The number of hydrogen-bond donors (Lipinski definition) is 0. The van der Waals surface area contributed by atoms with Crippen LogP contribution >= 0.6 is 11.3 Å². The van der Waals surface area contributed by atoms with E-state index in [1.807, 2.05) is 11.3 Å². The number of thiophene rings is 1. The first-order valence-corrected chi connectivity index (χ1v) is 26.0. The molecule has 5 aliphatic rings. The summed E-state index contributed by atoms with van der Waals surface area (Å²) in [6.45, 7) is 16.8. The zero-order valence-corrected chi connectivity index (χ0v) is 40.8. The lowest BCUT2D eigenvalue weighted by Gasteiger charge is -2.49. The number of anilines is 5. The van der Waals surface area contributed by atoms with Crippen LogP contribution < -0.4 is 20.8 Å². The number of hydrogen-bond acceptors (Lipinski definition) is 4. The summed E-state index contributed by atoms with van der Waals surface area (Å²) >= 11 is 1.97. The quantitative estimate of drug-likeness (QED) is 0.149. The van der Waals surface area contributed by atoms with Gasteiger partial charge in [0.15, 0.2) is 0 Å². The number of fused-ring (bicyclic) bond motifs is 17. The van der Waals surface area contributed by atoms with Crippen LogP contribution in [-0.4, -0.2) is 6.85 Å². The topological polar surface area (TPSA) is 19.6 Å². The Balaban J connectivity index is 1.13. The van der Waals surface area contributed by atoms with Crippen LogP contribution in [0.1, 0.15) is 126 Å². The number of benzene rings is 7. The Labute approximate surface area is 399 Å². The lowest BCUT2D eigenvalue weighted by molar-refractivity contribution is 0.332. The minimum Gasteiger partial charge on any atom is -0.466 e. The van der Waals surface area contributed by atoms with Crippen molar-refractivity contribution in [2.24, 2.45) is 0 Å². The Morgan fingerprint density at radius 1 is 0.567 bits per heavy atom. The molecule has 14 rings (SSSR count). The lowest BCUT2D eigenvalue weighted by Crippen LogP contribution is -2.62. The van der Waals surface area contributed by atoms with Crippen molar-refractivity contribution in [1.82, 2.24) is 0 Å². The first-order valence-electron chi connectivity index (χ1n) is 25.2. The molecule has 2 aromatic heterocycles. The van der Waals surface area contributed by atoms with E-state index in [9.17, 15) is 0 Å². The van der Waals surface area contributed by atoms with Crippen LogP contribution in [0.4, 0.5) is 28.4 Å². The van der Waals surface area contributed by atoms with Crippen molar-refractivity contribution in [2.45, 2.75) is 116 Å². The van der Waals surface area contributed by atoms with Crippen molar-refractivity contribution in [2.75, 3.05) is 9.71 Å². The molecule has 0 saturated carbocycles. The molecular weight excluding hydrogens is 832 g/mol. The van der Waals surface area contributed by atoms with E-state index in [0.717, 1.165) is 24.1 Å². The molecule has 5 heteroatoms. The molecule has 3 aliphatic heterocycles. The molecule has 1 atom stereocenters. The van der Waals surface area contributed by atoms with Crippen molar-refractivity contribution < 1.29 is 4.42 Å². The third kappa shape index (κ3) is 5.25. The van der Waals surface area contributed by atoms with Gasteiger partial charge in [-0.3, -0.25) is 0 Å². The molecule has 0 fully saturated rings. The Bertz CT molecular complexity index is 3610. The van der Waals surface area contributed by atoms with E-state index in [-0.39, 0.29) is 23.1 Å². The van der Waals surface area contributed by atoms with Gasteiger partial charge in [-0.25, -0.2) is 0 Å². The number of para-hydroxylation sites is 1. The monoisotopic (exact) mass is 888 g/mol. The molecule has 5 heterocycles. The van der Waals surface area contributed by atoms with Crippen molar-refractivity contribution in [1.29, 1.82) is 0 Å². The highest BCUT2D eigenvalue weighted by Crippen LogP contribution is 2.65. The molecule has 0 radical (unpaired) electrons. The fourth-order valence-corrected chi connectivity index (χ4v) is 14.7. The minimum atomic E-state index is -0.344. The molecular formula is C62H57BN2OS. The van der Waals surface area contributed by atoms with Crippen LogP contribution in [0, 0.1) is 0 Å². The summed E-state index contributed by atoms with van der Waals surface area (Å²) in [7, 11) is 0. The summed E-state index contributed by atoms with van der Waals surface area (Å²) in [4.78, 5) is 5.34. The molecule has 2 aliphatic carbocycles. The van der Waals surface area contributed by atoms with Crippen LogP contribution in [0.3, 0.4) is 0 Å². The van der Waals surface area contributed by atoms with E-state index in [0.29, 0.717) is 0 Å². The Hall–Kier alpha value is -6.04. The summed E-state index contributed by atoms with van der Waals surface area (Å²) < 4.78 is 10.2. The van der Waals surface area contributed by atoms with Gasteiger partial charge in [0.05, 0.1) is 11.4 Å². The highest BCUT2D eigenvalue weighted by Gasteiger charge is 2.57. The number of rotatable bonds is 7. The third-order valence-corrected chi connectivity index (χ3v) is 18.3. The van der Waals surface area contributed by atoms with Crippen molar-refractivity contribution in [3.8, 4) is 22.3 Å². The number of furan rings is 1. The van der Waals surface area contributed by atoms with Gasteiger partial charge in [0, 0.05) is 53.6 Å². The van der Waals surface area contributed by atoms with E-state index in [1.54, 1.807) is 0 Å². The predicted octanol–water partition coefficient (Wildman–Crippen LogP) is 16.2. The van der Waals surface area contributed by atoms with Crippen molar-refractivity contribution >= 4 is 88.9 Å². The van der Waals surface area contributed by atoms with Gasteiger partial charge in [-0.15, -0.1) is 11.3 Å². The van der Waals surface area contributed by atoms with Crippen LogP contribution in [0.15, 0.2) is 126 Å². The maximum atomic E-state index is 7.46. The van der Waals surface area contributed by atoms with Gasteiger partial charge in [0.2, 0.25) is 0 Å². The fourth-order valence-electron chi connectivity index (χ4n) is 13.6. The molecule has 0 N–H and O–H groups in total. The van der Waals surface area contributed by atoms with Gasteiger partial charge < -0.3 is 14.1 Å². The Morgan fingerprint density at radius 3 is 2.03 bits per heavy atom. The standard InChI is InChI=1S/C62H57BN2OS/c1-8-10-17-36-24-26-52-45(29-36)57-59(66-52)63-56-44(32-43-39-21-15-16-22-46(39)62(7)49-30-37(18-11-9-2)23-25-50(49)64(57)58(56)55(43)62)40-31-41-42-33-47-48(61(5,6)28-27-60(47,3)4)34-53(42)67-54(41)35-51(40)65(63)38-19-13-12-14-20-38/h12-16,19-26,29-35H,8-11,17-18,27-28H2,1-7H3. The maximum Gasteiger partial charge on any atom is 0.375 e. The maximum absolute atomic E-state index is 7.46. The normalized spacial score (nSPS) is 18.5. The molecule has 0 spiro atoms. The molecule has 67 heavy (non-hydrogen) atoms. The molecule has 330 valence electrons. The molecule has 9 aromatic rings. The van der Waals surface area contributed by atoms with Gasteiger partial charge in [-0.1, -0.05) is 115 Å².